The second-order valence-corrected chi connectivity index (χ2v) is 4.90. The van der Waals surface area contributed by atoms with Crippen molar-refractivity contribution in [1.82, 2.24) is 10.2 Å². The van der Waals surface area contributed by atoms with Crippen LogP contribution in [0.1, 0.15) is 24.8 Å². The molecule has 1 aromatic carbocycles. The van der Waals surface area contributed by atoms with Crippen LogP contribution in [0, 0.1) is 0 Å². The van der Waals surface area contributed by atoms with E-state index in [9.17, 15) is 4.79 Å². The Kier molecular flexibility index (Phi) is 5.21. The summed E-state index contributed by atoms with van der Waals surface area (Å²) < 4.78 is 5.17. The summed E-state index contributed by atoms with van der Waals surface area (Å²) in [5.41, 5.74) is 1.13. The Bertz CT molecular complexity index is 414. The molecule has 2 rings (SSSR count). The molecule has 1 saturated heterocycles. The second kappa shape index (κ2) is 7.14. The average Bonchev–Trinajstić information content (AvgIpc) is 2.48. The number of nitrogens with one attached hydrogen (secondary N) is 1. The molecular formula is C15H22N2O2. The predicted octanol–water partition coefficient (Wildman–Crippen LogP) is 1.80. The summed E-state index contributed by atoms with van der Waals surface area (Å²) >= 11 is 0. The van der Waals surface area contributed by atoms with Crippen LogP contribution in [0.5, 0.6) is 5.75 Å². The first-order valence-electron chi connectivity index (χ1n) is 6.91. The van der Waals surface area contributed by atoms with Gasteiger partial charge in [-0.05, 0) is 37.0 Å². The third-order valence-corrected chi connectivity index (χ3v) is 3.45. The van der Waals surface area contributed by atoms with E-state index >= 15 is 0 Å². The quantitative estimate of drug-likeness (QED) is 0.879. The molecule has 1 aromatic rings. The SMILES string of the molecule is COc1cccc(CNCC(=O)N2CCCCC2)c1. The van der Waals surface area contributed by atoms with E-state index in [0.717, 1.165) is 37.2 Å². The number of hydrogen-bond donors (Lipinski definition) is 1. The maximum atomic E-state index is 12.0. The lowest BCUT2D eigenvalue weighted by Gasteiger charge is -2.26. The highest BCUT2D eigenvalue weighted by atomic mass is 16.5. The van der Waals surface area contributed by atoms with Gasteiger partial charge in [-0.2, -0.15) is 0 Å². The highest BCUT2D eigenvalue weighted by Gasteiger charge is 2.15. The van der Waals surface area contributed by atoms with Crippen LogP contribution < -0.4 is 10.1 Å². The number of carbonyl (C=O) groups excluding carboxylic acids is 1. The molecule has 0 aliphatic carbocycles. The molecule has 4 nitrogen and oxygen atoms in total. The minimum absolute atomic E-state index is 0.211. The number of ether oxygens (including phenoxy) is 1. The number of nitrogens with zero attached hydrogens (tertiary/aromatic N) is 1. The normalized spacial score (nSPS) is 15.3. The minimum Gasteiger partial charge on any atom is -0.497 e. The van der Waals surface area contributed by atoms with E-state index in [4.69, 9.17) is 4.74 Å². The monoisotopic (exact) mass is 262 g/mol. The fourth-order valence-electron chi connectivity index (χ4n) is 2.35. The van der Waals surface area contributed by atoms with Crippen LogP contribution in [0.3, 0.4) is 0 Å². The Morgan fingerprint density at radius 1 is 1.32 bits per heavy atom. The highest BCUT2D eigenvalue weighted by molar-refractivity contribution is 5.78. The van der Waals surface area contributed by atoms with Gasteiger partial charge in [-0.1, -0.05) is 12.1 Å². The van der Waals surface area contributed by atoms with Crippen molar-refractivity contribution in [3.8, 4) is 5.75 Å². The smallest absolute Gasteiger partial charge is 0.236 e. The number of amides is 1. The Morgan fingerprint density at radius 2 is 2.11 bits per heavy atom. The first kappa shape index (κ1) is 13.9. The van der Waals surface area contributed by atoms with Gasteiger partial charge in [0.05, 0.1) is 13.7 Å². The third kappa shape index (κ3) is 4.24. The Balaban J connectivity index is 1.74. The molecule has 0 saturated carbocycles. The van der Waals surface area contributed by atoms with Crippen molar-refractivity contribution in [2.45, 2.75) is 25.8 Å². The first-order valence-corrected chi connectivity index (χ1v) is 6.91. The van der Waals surface area contributed by atoms with E-state index in [2.05, 4.69) is 5.32 Å². The summed E-state index contributed by atoms with van der Waals surface area (Å²) in [5, 5.41) is 3.20. The van der Waals surface area contributed by atoms with Crippen molar-refractivity contribution in [2.75, 3.05) is 26.7 Å². The summed E-state index contributed by atoms with van der Waals surface area (Å²) in [4.78, 5) is 13.9. The topological polar surface area (TPSA) is 41.6 Å². The van der Waals surface area contributed by atoms with Gasteiger partial charge in [-0.25, -0.2) is 0 Å². The maximum absolute atomic E-state index is 12.0. The zero-order valence-corrected chi connectivity index (χ0v) is 11.5. The molecule has 19 heavy (non-hydrogen) atoms. The molecule has 1 aliphatic heterocycles. The molecule has 1 amide bonds. The Labute approximate surface area is 114 Å². The zero-order chi connectivity index (χ0) is 13.5. The summed E-state index contributed by atoms with van der Waals surface area (Å²) in [5.74, 6) is 1.06. The zero-order valence-electron chi connectivity index (χ0n) is 11.5. The lowest BCUT2D eigenvalue weighted by Crippen LogP contribution is -2.40. The summed E-state index contributed by atoms with van der Waals surface area (Å²) in [7, 11) is 1.66. The molecule has 0 aromatic heterocycles. The van der Waals surface area contributed by atoms with Gasteiger partial charge in [0.2, 0.25) is 5.91 Å². The summed E-state index contributed by atoms with van der Waals surface area (Å²) in [6, 6.07) is 7.89. The maximum Gasteiger partial charge on any atom is 0.236 e. The fraction of sp³-hybridized carbons (Fsp3) is 0.533. The molecular weight excluding hydrogens is 240 g/mol. The van der Waals surface area contributed by atoms with Gasteiger partial charge in [-0.15, -0.1) is 0 Å². The molecule has 0 bridgehead atoms. The highest BCUT2D eigenvalue weighted by Crippen LogP contribution is 2.12. The number of piperidine rings is 1. The number of rotatable bonds is 5. The van der Waals surface area contributed by atoms with E-state index < -0.39 is 0 Å². The van der Waals surface area contributed by atoms with Crippen molar-refractivity contribution in [2.24, 2.45) is 0 Å². The molecule has 1 aliphatic rings. The summed E-state index contributed by atoms with van der Waals surface area (Å²) in [6.07, 6.45) is 3.53. The van der Waals surface area contributed by atoms with E-state index in [1.54, 1.807) is 7.11 Å². The van der Waals surface area contributed by atoms with Crippen molar-refractivity contribution in [1.29, 1.82) is 0 Å². The van der Waals surface area contributed by atoms with Crippen LogP contribution in [0.25, 0.3) is 0 Å². The van der Waals surface area contributed by atoms with Crippen molar-refractivity contribution >= 4 is 5.91 Å². The number of benzene rings is 1. The van der Waals surface area contributed by atoms with Crippen LogP contribution in [0.15, 0.2) is 24.3 Å². The molecule has 0 spiro atoms. The average molecular weight is 262 g/mol. The van der Waals surface area contributed by atoms with Gasteiger partial charge in [0.1, 0.15) is 5.75 Å². The van der Waals surface area contributed by atoms with E-state index in [1.807, 2.05) is 29.2 Å². The Morgan fingerprint density at radius 3 is 2.84 bits per heavy atom. The van der Waals surface area contributed by atoms with Crippen molar-refractivity contribution < 1.29 is 9.53 Å². The minimum atomic E-state index is 0.211. The molecule has 0 unspecified atom stereocenters. The van der Waals surface area contributed by atoms with Gasteiger partial charge >= 0.3 is 0 Å². The fourth-order valence-corrected chi connectivity index (χ4v) is 2.35. The molecule has 1 heterocycles. The lowest BCUT2D eigenvalue weighted by atomic mass is 10.1. The molecule has 0 atom stereocenters. The number of carbonyl (C=O) groups is 1. The van der Waals surface area contributed by atoms with Crippen LogP contribution >= 0.6 is 0 Å². The van der Waals surface area contributed by atoms with Crippen LogP contribution in [-0.2, 0) is 11.3 Å². The van der Waals surface area contributed by atoms with Gasteiger partial charge in [0, 0.05) is 19.6 Å². The molecule has 104 valence electrons. The number of likely N-dealkylation sites (tertiary alicyclic amines) is 1. The van der Waals surface area contributed by atoms with Crippen LogP contribution in [0.2, 0.25) is 0 Å². The van der Waals surface area contributed by atoms with Gasteiger partial charge in [0.25, 0.3) is 0 Å². The molecule has 1 fully saturated rings. The van der Waals surface area contributed by atoms with Crippen LogP contribution in [-0.4, -0.2) is 37.6 Å². The molecule has 0 radical (unpaired) electrons. The van der Waals surface area contributed by atoms with Crippen LogP contribution in [0.4, 0.5) is 0 Å². The van der Waals surface area contributed by atoms with E-state index in [0.29, 0.717) is 13.1 Å². The van der Waals surface area contributed by atoms with Gasteiger partial charge in [0.15, 0.2) is 0 Å². The van der Waals surface area contributed by atoms with Gasteiger partial charge < -0.3 is 15.0 Å². The van der Waals surface area contributed by atoms with Crippen molar-refractivity contribution in [3.05, 3.63) is 29.8 Å². The molecule has 4 heteroatoms. The number of hydrogen-bond acceptors (Lipinski definition) is 3. The van der Waals surface area contributed by atoms with Gasteiger partial charge in [-0.3, -0.25) is 4.79 Å². The largest absolute Gasteiger partial charge is 0.497 e. The summed E-state index contributed by atoms with van der Waals surface area (Å²) in [6.45, 7) is 2.94. The third-order valence-electron chi connectivity index (χ3n) is 3.45. The van der Waals surface area contributed by atoms with E-state index in [-0.39, 0.29) is 5.91 Å². The lowest BCUT2D eigenvalue weighted by molar-refractivity contribution is -0.131. The van der Waals surface area contributed by atoms with Crippen molar-refractivity contribution in [3.63, 3.8) is 0 Å². The predicted molar refractivity (Wildman–Crippen MR) is 75.1 cm³/mol. The second-order valence-electron chi connectivity index (χ2n) is 4.90. The standard InChI is InChI=1S/C15H22N2O2/c1-19-14-7-5-6-13(10-14)11-16-12-15(18)17-8-3-2-4-9-17/h5-7,10,16H,2-4,8-9,11-12H2,1H3. The van der Waals surface area contributed by atoms with E-state index in [1.165, 1.54) is 6.42 Å². The Hall–Kier alpha value is -1.55. The first-order chi connectivity index (χ1) is 9.29. The molecule has 1 N–H and O–H groups in total. The number of methoxy groups -OCH3 is 1.